The van der Waals surface area contributed by atoms with E-state index < -0.39 is 5.97 Å². The molecule has 1 rings (SSSR count). The summed E-state index contributed by atoms with van der Waals surface area (Å²) in [4.78, 5) is 11.1. The fraction of sp³-hybridized carbons (Fsp3) is 0. The van der Waals surface area contributed by atoms with Crippen LogP contribution in [0.15, 0.2) is 23.1 Å². The van der Waals surface area contributed by atoms with Crippen molar-refractivity contribution in [1.29, 1.82) is 0 Å². The molecule has 0 heterocycles. The number of aromatic carboxylic acids is 1. The molecule has 0 atom stereocenters. The second-order valence-corrected chi connectivity index (χ2v) is 3.62. The van der Waals surface area contributed by atoms with Crippen LogP contribution in [0, 0.1) is 3.57 Å². The van der Waals surface area contributed by atoms with Crippen molar-refractivity contribution in [2.45, 2.75) is 4.90 Å². The van der Waals surface area contributed by atoms with Gasteiger partial charge in [0.15, 0.2) is 0 Å². The SMILES string of the molecule is O=C(O)c1ccc(I)c(S)c1. The van der Waals surface area contributed by atoms with Gasteiger partial charge in [-0.3, -0.25) is 0 Å². The van der Waals surface area contributed by atoms with Gasteiger partial charge in [0.2, 0.25) is 0 Å². The third-order valence-electron chi connectivity index (χ3n) is 1.19. The molecule has 0 radical (unpaired) electrons. The maximum atomic E-state index is 10.4. The van der Waals surface area contributed by atoms with E-state index in [-0.39, 0.29) is 5.56 Å². The molecule has 0 saturated heterocycles. The normalized spacial score (nSPS) is 9.64. The summed E-state index contributed by atoms with van der Waals surface area (Å²) in [7, 11) is 0. The standard InChI is InChI=1S/C7H5IO2S/c8-5-2-1-4(7(9)10)3-6(5)11/h1-3,11H,(H,9,10). The summed E-state index contributed by atoms with van der Waals surface area (Å²) < 4.78 is 0.955. The average Bonchev–Trinajstić information content (AvgIpc) is 1.94. The summed E-state index contributed by atoms with van der Waals surface area (Å²) in [6.07, 6.45) is 0. The quantitative estimate of drug-likeness (QED) is 0.611. The van der Waals surface area contributed by atoms with E-state index in [1.54, 1.807) is 12.1 Å². The molecule has 1 N–H and O–H groups in total. The minimum atomic E-state index is -0.920. The lowest BCUT2D eigenvalue weighted by Gasteiger charge is -1.97. The first kappa shape index (κ1) is 8.86. The Kier molecular flexibility index (Phi) is 2.78. The molecule has 0 amide bonds. The van der Waals surface area contributed by atoms with Crippen LogP contribution >= 0.6 is 35.2 Å². The van der Waals surface area contributed by atoms with E-state index in [0.29, 0.717) is 4.90 Å². The maximum absolute atomic E-state index is 10.4. The molecule has 1 aromatic rings. The summed E-state index contributed by atoms with van der Waals surface area (Å²) in [5, 5.41) is 8.56. The van der Waals surface area contributed by atoms with Gasteiger partial charge in [-0.15, -0.1) is 12.6 Å². The first-order valence-corrected chi connectivity index (χ1v) is 4.35. The van der Waals surface area contributed by atoms with E-state index in [2.05, 4.69) is 35.2 Å². The van der Waals surface area contributed by atoms with Crippen molar-refractivity contribution >= 4 is 41.2 Å². The Morgan fingerprint density at radius 2 is 2.18 bits per heavy atom. The summed E-state index contributed by atoms with van der Waals surface area (Å²) in [6.45, 7) is 0. The number of hydrogen-bond donors (Lipinski definition) is 2. The molecule has 0 aliphatic rings. The molecular weight excluding hydrogens is 275 g/mol. The molecule has 0 aromatic heterocycles. The van der Waals surface area contributed by atoms with E-state index >= 15 is 0 Å². The molecule has 0 saturated carbocycles. The van der Waals surface area contributed by atoms with Crippen LogP contribution in [0.3, 0.4) is 0 Å². The zero-order valence-corrected chi connectivity index (χ0v) is 8.46. The molecule has 0 spiro atoms. The van der Waals surface area contributed by atoms with Crippen LogP contribution < -0.4 is 0 Å². The first-order chi connectivity index (χ1) is 5.11. The van der Waals surface area contributed by atoms with Crippen molar-refractivity contribution in [1.82, 2.24) is 0 Å². The summed E-state index contributed by atoms with van der Waals surface area (Å²) in [5.74, 6) is -0.920. The van der Waals surface area contributed by atoms with Gasteiger partial charge >= 0.3 is 5.97 Å². The van der Waals surface area contributed by atoms with Crippen LogP contribution in [-0.4, -0.2) is 11.1 Å². The van der Waals surface area contributed by atoms with Crippen molar-refractivity contribution in [2.24, 2.45) is 0 Å². The zero-order valence-electron chi connectivity index (χ0n) is 5.41. The maximum Gasteiger partial charge on any atom is 0.335 e. The fourth-order valence-corrected chi connectivity index (χ4v) is 1.19. The Morgan fingerprint density at radius 1 is 1.55 bits per heavy atom. The monoisotopic (exact) mass is 280 g/mol. The topological polar surface area (TPSA) is 37.3 Å². The van der Waals surface area contributed by atoms with Crippen LogP contribution in [-0.2, 0) is 0 Å². The van der Waals surface area contributed by atoms with Crippen LogP contribution in [0.25, 0.3) is 0 Å². The number of carboxylic acids is 1. The Labute approximate surface area is 83.2 Å². The van der Waals surface area contributed by atoms with Gasteiger partial charge in [0.25, 0.3) is 0 Å². The molecule has 0 aliphatic carbocycles. The Morgan fingerprint density at radius 3 is 2.64 bits per heavy atom. The second kappa shape index (κ2) is 3.44. The molecule has 58 valence electrons. The van der Waals surface area contributed by atoms with E-state index in [4.69, 9.17) is 5.11 Å². The number of halogens is 1. The fourth-order valence-electron chi connectivity index (χ4n) is 0.646. The van der Waals surface area contributed by atoms with Crippen molar-refractivity contribution in [3.8, 4) is 0 Å². The molecule has 0 fully saturated rings. The molecule has 0 aliphatic heterocycles. The predicted molar refractivity (Wildman–Crippen MR) is 53.4 cm³/mol. The van der Waals surface area contributed by atoms with E-state index in [9.17, 15) is 4.79 Å². The molecule has 0 unspecified atom stereocenters. The highest BCUT2D eigenvalue weighted by Crippen LogP contribution is 2.17. The minimum absolute atomic E-state index is 0.274. The van der Waals surface area contributed by atoms with Gasteiger partial charge in [-0.2, -0.15) is 0 Å². The van der Waals surface area contributed by atoms with Crippen molar-refractivity contribution in [3.05, 3.63) is 27.3 Å². The van der Waals surface area contributed by atoms with Gasteiger partial charge in [-0.25, -0.2) is 4.79 Å². The molecule has 0 bridgehead atoms. The predicted octanol–water partition coefficient (Wildman–Crippen LogP) is 2.28. The number of thiol groups is 1. The number of carbonyl (C=O) groups is 1. The lowest BCUT2D eigenvalue weighted by atomic mass is 10.2. The second-order valence-electron chi connectivity index (χ2n) is 1.97. The minimum Gasteiger partial charge on any atom is -0.478 e. The number of hydrogen-bond acceptors (Lipinski definition) is 2. The van der Waals surface area contributed by atoms with Crippen molar-refractivity contribution < 1.29 is 9.90 Å². The third-order valence-corrected chi connectivity index (χ3v) is 2.93. The summed E-state index contributed by atoms with van der Waals surface area (Å²) in [6, 6.07) is 4.82. The number of carboxylic acid groups (broad SMARTS) is 1. The number of benzene rings is 1. The Hall–Kier alpha value is -0.230. The van der Waals surface area contributed by atoms with Gasteiger partial charge in [0.05, 0.1) is 5.56 Å². The lowest BCUT2D eigenvalue weighted by Crippen LogP contribution is -1.95. The molecule has 1 aromatic carbocycles. The van der Waals surface area contributed by atoms with E-state index in [1.165, 1.54) is 6.07 Å². The first-order valence-electron chi connectivity index (χ1n) is 2.83. The smallest absolute Gasteiger partial charge is 0.335 e. The van der Waals surface area contributed by atoms with Crippen LogP contribution in [0.4, 0.5) is 0 Å². The summed E-state index contributed by atoms with van der Waals surface area (Å²) in [5.41, 5.74) is 0.274. The number of rotatable bonds is 1. The van der Waals surface area contributed by atoms with Gasteiger partial charge in [-0.05, 0) is 40.8 Å². The van der Waals surface area contributed by atoms with Gasteiger partial charge < -0.3 is 5.11 Å². The zero-order chi connectivity index (χ0) is 8.43. The molecular formula is C7H5IO2S. The Bertz CT molecular complexity index is 298. The highest BCUT2D eigenvalue weighted by atomic mass is 127. The van der Waals surface area contributed by atoms with Crippen LogP contribution in [0.1, 0.15) is 10.4 Å². The van der Waals surface area contributed by atoms with Gasteiger partial charge in [0.1, 0.15) is 0 Å². The van der Waals surface area contributed by atoms with E-state index in [0.717, 1.165) is 3.57 Å². The summed E-state index contributed by atoms with van der Waals surface area (Å²) >= 11 is 6.19. The largest absolute Gasteiger partial charge is 0.478 e. The van der Waals surface area contributed by atoms with Crippen molar-refractivity contribution in [2.75, 3.05) is 0 Å². The molecule has 2 nitrogen and oxygen atoms in total. The van der Waals surface area contributed by atoms with Crippen LogP contribution in [0.2, 0.25) is 0 Å². The van der Waals surface area contributed by atoms with Crippen LogP contribution in [0.5, 0.6) is 0 Å². The molecule has 11 heavy (non-hydrogen) atoms. The third kappa shape index (κ3) is 2.10. The van der Waals surface area contributed by atoms with E-state index in [1.807, 2.05) is 0 Å². The highest BCUT2D eigenvalue weighted by molar-refractivity contribution is 14.1. The van der Waals surface area contributed by atoms with Gasteiger partial charge in [0, 0.05) is 8.47 Å². The van der Waals surface area contributed by atoms with Gasteiger partial charge in [-0.1, -0.05) is 0 Å². The Balaban J connectivity index is 3.15. The average molecular weight is 280 g/mol. The van der Waals surface area contributed by atoms with Crippen molar-refractivity contribution in [3.63, 3.8) is 0 Å². The highest BCUT2D eigenvalue weighted by Gasteiger charge is 2.03. The lowest BCUT2D eigenvalue weighted by molar-refractivity contribution is 0.0696. The molecule has 4 heteroatoms.